The number of hydrogen-bond donors (Lipinski definition) is 1. The van der Waals surface area contributed by atoms with Crippen molar-refractivity contribution >= 4 is 5.97 Å². The van der Waals surface area contributed by atoms with Crippen LogP contribution in [-0.2, 0) is 17.8 Å². The van der Waals surface area contributed by atoms with E-state index in [-0.39, 0.29) is 6.42 Å². The summed E-state index contributed by atoms with van der Waals surface area (Å²) in [6.45, 7) is 3.27. The lowest BCUT2D eigenvalue weighted by Crippen LogP contribution is -2.04. The number of hydrogen-bond acceptors (Lipinski definition) is 3. The summed E-state index contributed by atoms with van der Waals surface area (Å²) in [5, 5.41) is 14.2. The Hall–Kier alpha value is -3.86. The van der Waals surface area contributed by atoms with Gasteiger partial charge in [0.05, 0.1) is 31.0 Å². The van der Waals surface area contributed by atoms with E-state index in [0.717, 1.165) is 40.1 Å². The second-order valence-electron chi connectivity index (χ2n) is 7.67. The largest absolute Gasteiger partial charge is 0.493 e. The SMILES string of the molecule is CCCOc1ccc(CC(=O)O)cc1-c1cc(-c2ccccc2)n(Cc2ccccc2)n1. The third kappa shape index (κ3) is 5.06. The smallest absolute Gasteiger partial charge is 0.307 e. The average Bonchev–Trinajstić information content (AvgIpc) is 3.22. The molecule has 0 aliphatic carbocycles. The van der Waals surface area contributed by atoms with Crippen molar-refractivity contribution in [2.24, 2.45) is 0 Å². The number of aromatic nitrogens is 2. The van der Waals surface area contributed by atoms with E-state index >= 15 is 0 Å². The third-order valence-corrected chi connectivity index (χ3v) is 5.16. The number of ether oxygens (including phenoxy) is 1. The van der Waals surface area contributed by atoms with E-state index in [2.05, 4.69) is 37.3 Å². The molecule has 0 saturated heterocycles. The van der Waals surface area contributed by atoms with Crippen molar-refractivity contribution in [1.82, 2.24) is 9.78 Å². The maximum absolute atomic E-state index is 11.3. The van der Waals surface area contributed by atoms with Gasteiger partial charge in [0.1, 0.15) is 5.75 Å². The summed E-state index contributed by atoms with van der Waals surface area (Å²) < 4.78 is 7.97. The first-order chi connectivity index (χ1) is 15.6. The lowest BCUT2D eigenvalue weighted by Gasteiger charge is -2.11. The van der Waals surface area contributed by atoms with Gasteiger partial charge in [-0.3, -0.25) is 9.48 Å². The van der Waals surface area contributed by atoms with Gasteiger partial charge in [0.25, 0.3) is 0 Å². The normalized spacial score (nSPS) is 10.8. The molecule has 0 aliphatic heterocycles. The van der Waals surface area contributed by atoms with Gasteiger partial charge in [-0.2, -0.15) is 5.10 Å². The predicted molar refractivity (Wildman–Crippen MR) is 126 cm³/mol. The number of carboxylic acid groups (broad SMARTS) is 1. The van der Waals surface area contributed by atoms with E-state index in [0.29, 0.717) is 18.9 Å². The Morgan fingerprint density at radius 3 is 2.34 bits per heavy atom. The highest BCUT2D eigenvalue weighted by molar-refractivity contribution is 5.76. The molecule has 0 aliphatic rings. The average molecular weight is 427 g/mol. The molecule has 0 amide bonds. The molecule has 5 nitrogen and oxygen atoms in total. The van der Waals surface area contributed by atoms with Gasteiger partial charge >= 0.3 is 5.97 Å². The fourth-order valence-electron chi connectivity index (χ4n) is 3.67. The summed E-state index contributed by atoms with van der Waals surface area (Å²) in [6, 6.07) is 27.9. The Morgan fingerprint density at radius 1 is 0.938 bits per heavy atom. The molecule has 4 rings (SSSR count). The number of rotatable bonds is 9. The highest BCUT2D eigenvalue weighted by Gasteiger charge is 2.17. The number of benzene rings is 3. The molecule has 0 fully saturated rings. The molecule has 0 saturated carbocycles. The Balaban J connectivity index is 1.81. The first kappa shape index (κ1) is 21.4. The molecular formula is C27H26N2O3. The maximum atomic E-state index is 11.3. The topological polar surface area (TPSA) is 64.3 Å². The van der Waals surface area contributed by atoms with Crippen molar-refractivity contribution in [3.8, 4) is 28.3 Å². The van der Waals surface area contributed by atoms with Crippen molar-refractivity contribution in [1.29, 1.82) is 0 Å². The second-order valence-corrected chi connectivity index (χ2v) is 7.67. The molecule has 0 spiro atoms. The van der Waals surface area contributed by atoms with E-state index in [9.17, 15) is 9.90 Å². The Bertz CT molecular complexity index is 1180. The number of carbonyl (C=O) groups is 1. The number of aliphatic carboxylic acids is 1. The molecule has 0 bridgehead atoms. The van der Waals surface area contributed by atoms with Crippen LogP contribution in [0, 0.1) is 0 Å². The zero-order chi connectivity index (χ0) is 22.3. The van der Waals surface area contributed by atoms with Gasteiger partial charge < -0.3 is 9.84 Å². The standard InChI is InChI=1S/C27H26N2O3/c1-2-15-32-26-14-13-21(17-27(30)31)16-23(26)24-18-25(22-11-7-4-8-12-22)29(28-24)19-20-9-5-3-6-10-20/h3-14,16,18H,2,15,17,19H2,1H3,(H,30,31). The quantitative estimate of drug-likeness (QED) is 0.374. The Kier molecular flexibility index (Phi) is 6.66. The fourth-order valence-corrected chi connectivity index (χ4v) is 3.67. The minimum Gasteiger partial charge on any atom is -0.493 e. The van der Waals surface area contributed by atoms with Crippen LogP contribution in [0.3, 0.4) is 0 Å². The van der Waals surface area contributed by atoms with Crippen LogP contribution in [0.1, 0.15) is 24.5 Å². The van der Waals surface area contributed by atoms with Gasteiger partial charge in [0.2, 0.25) is 0 Å². The molecule has 1 heterocycles. The highest BCUT2D eigenvalue weighted by Crippen LogP contribution is 2.34. The minimum atomic E-state index is -0.863. The van der Waals surface area contributed by atoms with Gasteiger partial charge in [-0.15, -0.1) is 0 Å². The van der Waals surface area contributed by atoms with E-state index in [4.69, 9.17) is 9.84 Å². The van der Waals surface area contributed by atoms with Gasteiger partial charge in [0.15, 0.2) is 0 Å². The zero-order valence-corrected chi connectivity index (χ0v) is 18.1. The van der Waals surface area contributed by atoms with Crippen molar-refractivity contribution < 1.29 is 14.6 Å². The van der Waals surface area contributed by atoms with Crippen LogP contribution in [0.2, 0.25) is 0 Å². The summed E-state index contributed by atoms with van der Waals surface area (Å²) in [5.74, 6) is -0.150. The molecule has 3 aromatic carbocycles. The van der Waals surface area contributed by atoms with Gasteiger partial charge in [-0.05, 0) is 41.3 Å². The van der Waals surface area contributed by atoms with Crippen LogP contribution in [-0.4, -0.2) is 27.5 Å². The number of nitrogens with zero attached hydrogens (tertiary/aromatic N) is 2. The molecule has 5 heteroatoms. The van der Waals surface area contributed by atoms with Crippen LogP contribution in [0.25, 0.3) is 22.5 Å². The van der Waals surface area contributed by atoms with E-state index < -0.39 is 5.97 Å². The second kappa shape index (κ2) is 9.96. The molecular weight excluding hydrogens is 400 g/mol. The fraction of sp³-hybridized carbons (Fsp3) is 0.185. The van der Waals surface area contributed by atoms with Crippen molar-refractivity contribution in [3.63, 3.8) is 0 Å². The lowest BCUT2D eigenvalue weighted by molar-refractivity contribution is -0.136. The van der Waals surface area contributed by atoms with E-state index in [1.165, 1.54) is 0 Å². The van der Waals surface area contributed by atoms with Crippen molar-refractivity contribution in [2.75, 3.05) is 6.61 Å². The molecule has 162 valence electrons. The predicted octanol–water partition coefficient (Wildman–Crippen LogP) is 5.68. The Morgan fingerprint density at radius 2 is 1.66 bits per heavy atom. The molecule has 4 aromatic rings. The summed E-state index contributed by atoms with van der Waals surface area (Å²) >= 11 is 0. The third-order valence-electron chi connectivity index (χ3n) is 5.16. The molecule has 32 heavy (non-hydrogen) atoms. The molecule has 1 aromatic heterocycles. The van der Waals surface area contributed by atoms with Gasteiger partial charge in [0, 0.05) is 5.56 Å². The van der Waals surface area contributed by atoms with Crippen LogP contribution >= 0.6 is 0 Å². The summed E-state index contributed by atoms with van der Waals surface area (Å²) in [4.78, 5) is 11.3. The van der Waals surface area contributed by atoms with Crippen molar-refractivity contribution in [3.05, 3.63) is 96.1 Å². The van der Waals surface area contributed by atoms with Gasteiger partial charge in [-0.25, -0.2) is 0 Å². The van der Waals surface area contributed by atoms with Crippen LogP contribution in [0.15, 0.2) is 84.9 Å². The first-order valence-corrected chi connectivity index (χ1v) is 10.8. The maximum Gasteiger partial charge on any atom is 0.307 e. The van der Waals surface area contributed by atoms with E-state index in [1.54, 1.807) is 0 Å². The minimum absolute atomic E-state index is 0.0443. The molecule has 0 radical (unpaired) electrons. The van der Waals surface area contributed by atoms with Crippen LogP contribution < -0.4 is 4.74 Å². The first-order valence-electron chi connectivity index (χ1n) is 10.8. The Labute approximate surface area is 187 Å². The van der Waals surface area contributed by atoms with Crippen molar-refractivity contribution in [2.45, 2.75) is 26.3 Å². The zero-order valence-electron chi connectivity index (χ0n) is 18.1. The van der Waals surface area contributed by atoms with Crippen LogP contribution in [0.4, 0.5) is 0 Å². The molecule has 0 atom stereocenters. The van der Waals surface area contributed by atoms with Gasteiger partial charge in [-0.1, -0.05) is 73.7 Å². The molecule has 1 N–H and O–H groups in total. The van der Waals surface area contributed by atoms with Crippen LogP contribution in [0.5, 0.6) is 5.75 Å². The summed E-state index contributed by atoms with van der Waals surface area (Å²) in [7, 11) is 0. The summed E-state index contributed by atoms with van der Waals surface area (Å²) in [5.41, 5.74) is 5.50. The molecule has 0 unspecified atom stereocenters. The lowest BCUT2D eigenvalue weighted by atomic mass is 10.0. The highest BCUT2D eigenvalue weighted by atomic mass is 16.5. The number of carboxylic acids is 1. The summed E-state index contributed by atoms with van der Waals surface area (Å²) in [6.07, 6.45) is 0.839. The van der Waals surface area contributed by atoms with E-state index in [1.807, 2.05) is 59.3 Å². The monoisotopic (exact) mass is 426 g/mol.